The van der Waals surface area contributed by atoms with Crippen molar-refractivity contribution in [2.45, 2.75) is 6.92 Å². The molecule has 0 unspecified atom stereocenters. The average Bonchev–Trinajstić information content (AvgIpc) is 2.03. The normalized spacial score (nSPS) is 9.50. The van der Waals surface area contributed by atoms with Gasteiger partial charge >= 0.3 is 0 Å². The zero-order valence-corrected chi connectivity index (χ0v) is 7.77. The monoisotopic (exact) mass is 182 g/mol. The molecule has 0 bridgehead atoms. The summed E-state index contributed by atoms with van der Waals surface area (Å²) in [5.41, 5.74) is 0.981. The molecule has 1 nitrogen and oxygen atoms in total. The summed E-state index contributed by atoms with van der Waals surface area (Å²) in [6, 6.07) is 7.40. The topological polar surface area (TPSA) is 9.23 Å². The lowest BCUT2D eigenvalue weighted by Gasteiger charge is -2.06. The molecule has 0 amide bonds. The number of hydrogen-bond acceptors (Lipinski definition) is 1. The van der Waals surface area contributed by atoms with Gasteiger partial charge < -0.3 is 4.74 Å². The van der Waals surface area contributed by atoms with Crippen LogP contribution in [-0.2, 0) is 0 Å². The van der Waals surface area contributed by atoms with Gasteiger partial charge in [0.1, 0.15) is 12.4 Å². The molecular weight excluding hydrogens is 172 g/mol. The standard InChI is InChI=1S/C10H11ClO/c1-8(2)7-12-10-6-4-3-5-9(10)11/h3-6H,1,7H2,2H3. The number of ether oxygens (including phenoxy) is 1. The van der Waals surface area contributed by atoms with Crippen molar-refractivity contribution in [1.82, 2.24) is 0 Å². The van der Waals surface area contributed by atoms with Crippen LogP contribution in [0.5, 0.6) is 5.75 Å². The molecule has 0 radical (unpaired) electrons. The van der Waals surface area contributed by atoms with E-state index in [-0.39, 0.29) is 0 Å². The molecule has 64 valence electrons. The van der Waals surface area contributed by atoms with Crippen LogP contribution >= 0.6 is 11.6 Å². The maximum atomic E-state index is 5.85. The van der Waals surface area contributed by atoms with E-state index < -0.39 is 0 Å². The van der Waals surface area contributed by atoms with Gasteiger partial charge in [-0.1, -0.05) is 30.3 Å². The van der Waals surface area contributed by atoms with E-state index in [4.69, 9.17) is 16.3 Å². The molecule has 0 aromatic heterocycles. The molecule has 0 atom stereocenters. The Morgan fingerprint density at radius 1 is 1.50 bits per heavy atom. The largest absolute Gasteiger partial charge is 0.488 e. The van der Waals surface area contributed by atoms with E-state index in [0.717, 1.165) is 5.57 Å². The summed E-state index contributed by atoms with van der Waals surface area (Å²) >= 11 is 5.85. The van der Waals surface area contributed by atoms with Crippen molar-refractivity contribution in [2.24, 2.45) is 0 Å². The van der Waals surface area contributed by atoms with Crippen molar-refractivity contribution >= 4 is 11.6 Å². The van der Waals surface area contributed by atoms with Crippen LogP contribution in [0.1, 0.15) is 6.92 Å². The zero-order valence-electron chi connectivity index (χ0n) is 7.01. The summed E-state index contributed by atoms with van der Waals surface area (Å²) in [5.74, 6) is 0.710. The van der Waals surface area contributed by atoms with Crippen LogP contribution in [0.2, 0.25) is 5.02 Å². The quantitative estimate of drug-likeness (QED) is 0.652. The minimum atomic E-state index is 0.518. The van der Waals surface area contributed by atoms with E-state index in [9.17, 15) is 0 Å². The van der Waals surface area contributed by atoms with Crippen LogP contribution in [0.4, 0.5) is 0 Å². The molecule has 0 N–H and O–H groups in total. The number of rotatable bonds is 3. The molecule has 2 heteroatoms. The van der Waals surface area contributed by atoms with Gasteiger partial charge in [0.05, 0.1) is 5.02 Å². The summed E-state index contributed by atoms with van der Waals surface area (Å²) in [5, 5.41) is 0.638. The first-order valence-corrected chi connectivity index (χ1v) is 4.09. The van der Waals surface area contributed by atoms with Gasteiger partial charge in [-0.3, -0.25) is 0 Å². The predicted molar refractivity (Wildman–Crippen MR) is 51.8 cm³/mol. The molecule has 0 aliphatic rings. The molecule has 0 spiro atoms. The van der Waals surface area contributed by atoms with Crippen LogP contribution in [-0.4, -0.2) is 6.61 Å². The Kier molecular flexibility index (Phi) is 3.18. The van der Waals surface area contributed by atoms with Crippen molar-refractivity contribution in [3.63, 3.8) is 0 Å². The molecule has 12 heavy (non-hydrogen) atoms. The highest BCUT2D eigenvalue weighted by Crippen LogP contribution is 2.23. The fourth-order valence-electron chi connectivity index (χ4n) is 0.763. The Labute approximate surface area is 77.6 Å². The highest BCUT2D eigenvalue weighted by Gasteiger charge is 1.97. The summed E-state index contributed by atoms with van der Waals surface area (Å²) in [7, 11) is 0. The van der Waals surface area contributed by atoms with Crippen molar-refractivity contribution in [3.8, 4) is 5.75 Å². The lowest BCUT2D eigenvalue weighted by Crippen LogP contribution is -1.97. The highest BCUT2D eigenvalue weighted by molar-refractivity contribution is 6.32. The smallest absolute Gasteiger partial charge is 0.138 e. The third-order valence-electron chi connectivity index (χ3n) is 1.31. The molecule has 1 rings (SSSR count). The minimum Gasteiger partial charge on any atom is -0.488 e. The summed E-state index contributed by atoms with van der Waals surface area (Å²) in [6.07, 6.45) is 0. The zero-order chi connectivity index (χ0) is 8.97. The number of halogens is 1. The Morgan fingerprint density at radius 2 is 2.17 bits per heavy atom. The van der Waals surface area contributed by atoms with E-state index in [1.165, 1.54) is 0 Å². The molecule has 0 saturated heterocycles. The van der Waals surface area contributed by atoms with E-state index in [1.807, 2.05) is 25.1 Å². The predicted octanol–water partition coefficient (Wildman–Crippen LogP) is 3.29. The molecule has 1 aromatic carbocycles. The van der Waals surface area contributed by atoms with E-state index in [0.29, 0.717) is 17.4 Å². The van der Waals surface area contributed by atoms with Crippen LogP contribution in [0.3, 0.4) is 0 Å². The SMILES string of the molecule is C=C(C)COc1ccccc1Cl. The molecule has 0 heterocycles. The Hall–Kier alpha value is -0.950. The average molecular weight is 183 g/mol. The molecule has 0 aliphatic carbocycles. The van der Waals surface area contributed by atoms with Crippen molar-refractivity contribution < 1.29 is 4.74 Å². The first-order valence-electron chi connectivity index (χ1n) is 3.72. The van der Waals surface area contributed by atoms with Gasteiger partial charge in [0.15, 0.2) is 0 Å². The number of benzene rings is 1. The first-order chi connectivity index (χ1) is 5.70. The van der Waals surface area contributed by atoms with Gasteiger partial charge in [-0.15, -0.1) is 0 Å². The van der Waals surface area contributed by atoms with E-state index in [2.05, 4.69) is 6.58 Å². The highest BCUT2D eigenvalue weighted by atomic mass is 35.5. The Bertz CT molecular complexity index is 281. The summed E-state index contributed by atoms with van der Waals surface area (Å²) in [6.45, 7) is 6.16. The number of hydrogen-bond donors (Lipinski definition) is 0. The molecule has 0 aliphatic heterocycles. The van der Waals surface area contributed by atoms with Gasteiger partial charge in [-0.05, 0) is 24.6 Å². The van der Waals surface area contributed by atoms with Crippen LogP contribution in [0, 0.1) is 0 Å². The summed E-state index contributed by atoms with van der Waals surface area (Å²) in [4.78, 5) is 0. The third kappa shape index (κ3) is 2.59. The second-order valence-corrected chi connectivity index (χ2v) is 3.08. The second-order valence-electron chi connectivity index (χ2n) is 2.68. The summed E-state index contributed by atoms with van der Waals surface area (Å²) < 4.78 is 5.37. The van der Waals surface area contributed by atoms with Crippen LogP contribution < -0.4 is 4.74 Å². The van der Waals surface area contributed by atoms with Gasteiger partial charge in [0.25, 0.3) is 0 Å². The lowest BCUT2D eigenvalue weighted by atomic mass is 10.3. The molecule has 0 fully saturated rings. The second kappa shape index (κ2) is 4.17. The lowest BCUT2D eigenvalue weighted by molar-refractivity contribution is 0.353. The third-order valence-corrected chi connectivity index (χ3v) is 1.62. The van der Waals surface area contributed by atoms with Gasteiger partial charge in [0, 0.05) is 0 Å². The maximum absolute atomic E-state index is 5.85. The molecule has 1 aromatic rings. The van der Waals surface area contributed by atoms with E-state index >= 15 is 0 Å². The number of para-hydroxylation sites is 1. The van der Waals surface area contributed by atoms with Crippen molar-refractivity contribution in [3.05, 3.63) is 41.4 Å². The molecular formula is C10H11ClO. The Morgan fingerprint density at radius 3 is 2.75 bits per heavy atom. The first kappa shape index (κ1) is 9.14. The van der Waals surface area contributed by atoms with Crippen molar-refractivity contribution in [1.29, 1.82) is 0 Å². The van der Waals surface area contributed by atoms with Gasteiger partial charge in [-0.2, -0.15) is 0 Å². The maximum Gasteiger partial charge on any atom is 0.138 e. The molecule has 0 saturated carbocycles. The van der Waals surface area contributed by atoms with Crippen molar-refractivity contribution in [2.75, 3.05) is 6.61 Å². The van der Waals surface area contributed by atoms with Gasteiger partial charge in [0.2, 0.25) is 0 Å². The van der Waals surface area contributed by atoms with Crippen LogP contribution in [0.15, 0.2) is 36.4 Å². The van der Waals surface area contributed by atoms with Gasteiger partial charge in [-0.25, -0.2) is 0 Å². The fourth-order valence-corrected chi connectivity index (χ4v) is 0.953. The van der Waals surface area contributed by atoms with Crippen LogP contribution in [0.25, 0.3) is 0 Å². The Balaban J connectivity index is 2.63. The fraction of sp³-hybridized carbons (Fsp3) is 0.200. The minimum absolute atomic E-state index is 0.518. The van der Waals surface area contributed by atoms with E-state index in [1.54, 1.807) is 6.07 Å².